The van der Waals surface area contributed by atoms with E-state index in [1.54, 1.807) is 19.1 Å². The SMILES string of the molecule is CCCCCCCCCCCCCCCC(=O)N[C@@H](CCCN=C(N)N)C(=O)C[C@@H](CCC(N)=O)C(=O)N[C@@H](CCC(N)=O)C(=O)C[C@@H](Cc1ccc(O)cc1)C(=O)N[C@@H](CCCCC(=N)N)C(=O)CC. The number of hydrogen-bond acceptors (Lipinski definition) is 11. The van der Waals surface area contributed by atoms with Crippen molar-refractivity contribution in [3.63, 3.8) is 0 Å². The smallest absolute Gasteiger partial charge is 0.224 e. The predicted molar refractivity (Wildman–Crippen MR) is 277 cm³/mol. The highest BCUT2D eigenvalue weighted by Crippen LogP contribution is 2.22. The van der Waals surface area contributed by atoms with Crippen molar-refractivity contribution in [1.29, 1.82) is 5.41 Å². The number of primary amides is 2. The average molecular weight is 997 g/mol. The third kappa shape index (κ3) is 31.2. The second-order valence-corrected chi connectivity index (χ2v) is 18.9. The standard InChI is InChI=1S/C52H88N10O9/c1-3-5-6-7-8-9-10-11-12-13-14-15-16-23-49(69)60-41(21-19-32-59-52(57)58)44(65)34-37(26-30-47(55)67)50(70)62-42(29-31-48(56)68)45(66)35-38(33-36-24-27-39(63)28-25-36)51(71)61-40(43(64)4-2)20-17-18-22-46(53)54/h24-25,27-28,37-38,40-42,63H,3-23,26,29-35H2,1-2H3,(H3,53,54)(H2,55,67)(H2,56,68)(H,60,69)(H,61,71)(H,62,70)(H4,57,58,59)/t37-,38-,40+,41+,42+/m1/s1. The number of rotatable bonds is 44. The van der Waals surface area contributed by atoms with Crippen LogP contribution in [0.2, 0.25) is 0 Å². The Labute approximate surface area is 421 Å². The molecule has 0 saturated carbocycles. The van der Waals surface area contributed by atoms with Crippen LogP contribution in [0.15, 0.2) is 29.3 Å². The molecule has 0 unspecified atom stereocenters. The van der Waals surface area contributed by atoms with Crippen LogP contribution in [-0.2, 0) is 44.8 Å². The van der Waals surface area contributed by atoms with Crippen molar-refractivity contribution in [3.8, 4) is 5.75 Å². The quantitative estimate of drug-likeness (QED) is 0.0232. The van der Waals surface area contributed by atoms with Gasteiger partial charge in [0, 0.05) is 63.3 Å². The third-order valence-electron chi connectivity index (χ3n) is 12.6. The summed E-state index contributed by atoms with van der Waals surface area (Å²) in [5.74, 6) is -7.04. The molecule has 19 heteroatoms. The molecule has 0 spiro atoms. The Morgan fingerprint density at radius 1 is 0.535 bits per heavy atom. The van der Waals surface area contributed by atoms with Gasteiger partial charge in [0.05, 0.1) is 24.0 Å². The van der Waals surface area contributed by atoms with Crippen molar-refractivity contribution < 1.29 is 43.5 Å². The number of Topliss-reactive ketones (excluding diaryl/α,β-unsaturated/α-hetero) is 3. The lowest BCUT2D eigenvalue weighted by Crippen LogP contribution is -2.48. The number of nitrogens with zero attached hydrogens (tertiary/aromatic N) is 1. The summed E-state index contributed by atoms with van der Waals surface area (Å²) in [6.07, 6.45) is 15.4. The number of ketones is 3. The summed E-state index contributed by atoms with van der Waals surface area (Å²) >= 11 is 0. The minimum atomic E-state index is -1.37. The Morgan fingerprint density at radius 3 is 1.52 bits per heavy atom. The van der Waals surface area contributed by atoms with Gasteiger partial charge in [-0.25, -0.2) is 0 Å². The molecular weight excluding hydrogens is 909 g/mol. The van der Waals surface area contributed by atoms with Crippen molar-refractivity contribution in [2.24, 2.45) is 45.5 Å². The zero-order chi connectivity index (χ0) is 53.0. The summed E-state index contributed by atoms with van der Waals surface area (Å²) in [5.41, 5.74) is 28.0. The maximum atomic E-state index is 14.3. The van der Waals surface area contributed by atoms with Gasteiger partial charge >= 0.3 is 0 Å². The number of nitrogens with two attached hydrogens (primary N) is 5. The summed E-state index contributed by atoms with van der Waals surface area (Å²) in [5, 5.41) is 25.7. The van der Waals surface area contributed by atoms with Crippen LogP contribution in [0.1, 0.15) is 193 Å². The van der Waals surface area contributed by atoms with E-state index in [-0.39, 0.29) is 93.6 Å². The fraction of sp³-hybridized carbons (Fsp3) is 0.692. The van der Waals surface area contributed by atoms with E-state index in [4.69, 9.17) is 34.1 Å². The van der Waals surface area contributed by atoms with Gasteiger partial charge in [0.15, 0.2) is 23.3 Å². The lowest BCUT2D eigenvalue weighted by molar-refractivity contribution is -0.136. The molecule has 0 heterocycles. The highest BCUT2D eigenvalue weighted by atomic mass is 16.3. The van der Waals surface area contributed by atoms with Crippen LogP contribution in [0.4, 0.5) is 0 Å². The zero-order valence-electron chi connectivity index (χ0n) is 42.7. The van der Waals surface area contributed by atoms with Crippen LogP contribution in [0, 0.1) is 17.2 Å². The summed E-state index contributed by atoms with van der Waals surface area (Å²) < 4.78 is 0. The number of hydrogen-bond donors (Lipinski definition) is 10. The molecule has 0 aromatic heterocycles. The summed E-state index contributed by atoms with van der Waals surface area (Å²) in [6.45, 7) is 4.06. The number of aromatic hydroxyl groups is 1. The van der Waals surface area contributed by atoms with Crippen molar-refractivity contribution in [2.45, 2.75) is 212 Å². The molecule has 5 amide bonds. The first kappa shape index (κ1) is 63.1. The lowest BCUT2D eigenvalue weighted by atomic mass is 9.88. The topological polar surface area (TPSA) is 359 Å². The van der Waals surface area contributed by atoms with Gasteiger partial charge < -0.3 is 49.7 Å². The minimum absolute atomic E-state index is 0.00269. The third-order valence-corrected chi connectivity index (χ3v) is 12.6. The number of guanidine groups is 1. The Hall–Kier alpha value is -5.88. The molecule has 0 aliphatic carbocycles. The number of nitrogens with one attached hydrogen (secondary N) is 4. The van der Waals surface area contributed by atoms with Crippen LogP contribution in [0.3, 0.4) is 0 Å². The van der Waals surface area contributed by atoms with E-state index in [2.05, 4.69) is 27.9 Å². The van der Waals surface area contributed by atoms with E-state index in [1.165, 1.54) is 63.5 Å². The minimum Gasteiger partial charge on any atom is -0.508 e. The molecule has 5 atom stereocenters. The molecule has 0 aliphatic rings. The molecule has 0 fully saturated rings. The lowest BCUT2D eigenvalue weighted by Gasteiger charge is -2.26. The molecule has 1 rings (SSSR count). The fourth-order valence-corrected chi connectivity index (χ4v) is 8.38. The maximum Gasteiger partial charge on any atom is 0.224 e. The van der Waals surface area contributed by atoms with E-state index in [0.29, 0.717) is 37.7 Å². The van der Waals surface area contributed by atoms with Crippen molar-refractivity contribution in [2.75, 3.05) is 6.54 Å². The van der Waals surface area contributed by atoms with Gasteiger partial charge in [-0.1, -0.05) is 109 Å². The zero-order valence-corrected chi connectivity index (χ0v) is 42.7. The molecule has 71 heavy (non-hydrogen) atoms. The number of amidine groups is 1. The molecule has 0 aliphatic heterocycles. The van der Waals surface area contributed by atoms with Crippen LogP contribution >= 0.6 is 0 Å². The first-order chi connectivity index (χ1) is 33.9. The Kier molecular flexibility index (Phi) is 33.7. The van der Waals surface area contributed by atoms with Gasteiger partial charge in [0.2, 0.25) is 29.5 Å². The molecular formula is C52H88N10O9. The van der Waals surface area contributed by atoms with E-state index in [0.717, 1.165) is 25.7 Å². The van der Waals surface area contributed by atoms with E-state index >= 15 is 0 Å². The first-order valence-corrected chi connectivity index (χ1v) is 26.1. The molecule has 0 radical (unpaired) electrons. The summed E-state index contributed by atoms with van der Waals surface area (Å²) in [4.78, 5) is 111. The highest BCUT2D eigenvalue weighted by molar-refractivity contribution is 5.97. The molecule has 1 aromatic carbocycles. The monoisotopic (exact) mass is 997 g/mol. The fourth-order valence-electron chi connectivity index (χ4n) is 8.38. The summed E-state index contributed by atoms with van der Waals surface area (Å²) in [6, 6.07) is 2.74. The highest BCUT2D eigenvalue weighted by Gasteiger charge is 2.33. The number of phenols is 1. The molecule has 19 nitrogen and oxygen atoms in total. The Bertz CT molecular complexity index is 1840. The number of phenolic OH excluding ortho intramolecular Hbond substituents is 1. The Balaban J connectivity index is 3.25. The first-order valence-electron chi connectivity index (χ1n) is 26.1. The van der Waals surface area contributed by atoms with Crippen LogP contribution < -0.4 is 44.6 Å². The molecule has 1 aromatic rings. The van der Waals surface area contributed by atoms with Crippen molar-refractivity contribution in [3.05, 3.63) is 29.8 Å². The van der Waals surface area contributed by atoms with Gasteiger partial charge in [-0.3, -0.25) is 48.8 Å². The molecule has 0 bridgehead atoms. The predicted octanol–water partition coefficient (Wildman–Crippen LogP) is 5.08. The van der Waals surface area contributed by atoms with Gasteiger partial charge in [-0.2, -0.15) is 0 Å². The number of amides is 5. The molecule has 400 valence electrons. The normalized spacial score (nSPS) is 13.2. The molecule has 0 saturated heterocycles. The Morgan fingerprint density at radius 2 is 1.00 bits per heavy atom. The largest absolute Gasteiger partial charge is 0.508 e. The van der Waals surface area contributed by atoms with Gasteiger partial charge in [-0.05, 0) is 69.1 Å². The number of carbonyl (C=O) groups excluding carboxylic acids is 8. The van der Waals surface area contributed by atoms with Gasteiger partial charge in [0.1, 0.15) is 5.75 Å². The second kappa shape index (κ2) is 37.9. The number of carbonyl (C=O) groups is 8. The van der Waals surface area contributed by atoms with Crippen LogP contribution in [0.25, 0.3) is 0 Å². The number of unbranched alkanes of at least 4 members (excludes halogenated alkanes) is 13. The average Bonchev–Trinajstić information content (AvgIpc) is 3.32. The van der Waals surface area contributed by atoms with Crippen LogP contribution in [-0.4, -0.2) is 88.5 Å². The summed E-state index contributed by atoms with van der Waals surface area (Å²) in [7, 11) is 0. The van der Waals surface area contributed by atoms with Gasteiger partial charge in [-0.15, -0.1) is 0 Å². The second-order valence-electron chi connectivity index (χ2n) is 18.9. The maximum absolute atomic E-state index is 14.3. The van der Waals surface area contributed by atoms with Crippen LogP contribution in [0.5, 0.6) is 5.75 Å². The number of benzene rings is 1. The van der Waals surface area contributed by atoms with E-state index in [1.807, 2.05) is 0 Å². The molecule has 15 N–H and O–H groups in total. The van der Waals surface area contributed by atoms with E-state index < -0.39 is 78.0 Å². The van der Waals surface area contributed by atoms with E-state index in [9.17, 15) is 43.5 Å². The number of aliphatic imine (C=N–C) groups is 1. The van der Waals surface area contributed by atoms with Gasteiger partial charge in [0.25, 0.3) is 0 Å². The van der Waals surface area contributed by atoms with Crippen molar-refractivity contribution in [1.82, 2.24) is 16.0 Å². The van der Waals surface area contributed by atoms with Crippen molar-refractivity contribution >= 4 is 58.7 Å².